The number of nitrogens with zero attached hydrogens (tertiary/aromatic N) is 1. The van der Waals surface area contributed by atoms with E-state index in [-0.39, 0.29) is 12.0 Å². The minimum absolute atomic E-state index is 0.0609. The second kappa shape index (κ2) is 9.60. The van der Waals surface area contributed by atoms with Crippen molar-refractivity contribution in [2.24, 2.45) is 0 Å². The molecule has 0 bridgehead atoms. The van der Waals surface area contributed by atoms with Crippen molar-refractivity contribution in [2.45, 2.75) is 39.3 Å². The van der Waals surface area contributed by atoms with Gasteiger partial charge < -0.3 is 14.8 Å². The van der Waals surface area contributed by atoms with Crippen LogP contribution >= 0.6 is 0 Å². The molecule has 150 valence electrons. The zero-order chi connectivity index (χ0) is 19.9. The molecule has 1 aliphatic rings. The highest BCUT2D eigenvalue weighted by Gasteiger charge is 2.22. The molecule has 0 spiro atoms. The number of amides is 1. The summed E-state index contributed by atoms with van der Waals surface area (Å²) in [6.45, 7) is 7.23. The highest BCUT2D eigenvalue weighted by Crippen LogP contribution is 2.29. The molecule has 2 aromatic carbocycles. The van der Waals surface area contributed by atoms with Gasteiger partial charge in [0.15, 0.2) is 0 Å². The molecule has 5 heteroatoms. The summed E-state index contributed by atoms with van der Waals surface area (Å²) in [6, 6.07) is 14.1. The van der Waals surface area contributed by atoms with Gasteiger partial charge in [0, 0.05) is 31.7 Å². The summed E-state index contributed by atoms with van der Waals surface area (Å²) >= 11 is 0. The number of carbonyl (C=O) groups is 1. The summed E-state index contributed by atoms with van der Waals surface area (Å²) in [5.74, 6) is 1.83. The van der Waals surface area contributed by atoms with Crippen LogP contribution in [0.3, 0.4) is 0 Å². The molecule has 1 amide bonds. The third-order valence-electron chi connectivity index (χ3n) is 5.07. The van der Waals surface area contributed by atoms with Gasteiger partial charge in [-0.1, -0.05) is 36.8 Å². The fraction of sp³-hybridized carbons (Fsp3) is 0.435. The maximum atomic E-state index is 12.3. The van der Waals surface area contributed by atoms with E-state index in [9.17, 15) is 4.79 Å². The Morgan fingerprint density at radius 1 is 1.29 bits per heavy atom. The van der Waals surface area contributed by atoms with Crippen LogP contribution in [0, 0.1) is 6.92 Å². The van der Waals surface area contributed by atoms with E-state index in [0.717, 1.165) is 48.7 Å². The number of methoxy groups -OCH3 is 1. The van der Waals surface area contributed by atoms with Gasteiger partial charge in [-0.2, -0.15) is 0 Å². The van der Waals surface area contributed by atoms with Gasteiger partial charge >= 0.3 is 0 Å². The third kappa shape index (κ3) is 5.49. The fourth-order valence-electron chi connectivity index (χ4n) is 3.54. The first-order valence-electron chi connectivity index (χ1n) is 9.95. The summed E-state index contributed by atoms with van der Waals surface area (Å²) in [6.07, 6.45) is 1.52. The minimum Gasteiger partial charge on any atom is -0.497 e. The van der Waals surface area contributed by atoms with Gasteiger partial charge in [-0.05, 0) is 37.1 Å². The SMILES string of the molecule is CC[C@@H]1CN(CCNC(=O)Cc2cccc(C)c2)Cc2cc(OC)ccc2O1. The summed E-state index contributed by atoms with van der Waals surface area (Å²) in [5.41, 5.74) is 3.35. The molecular weight excluding hydrogens is 352 g/mol. The highest BCUT2D eigenvalue weighted by atomic mass is 16.5. The van der Waals surface area contributed by atoms with Gasteiger partial charge in [0.25, 0.3) is 0 Å². The van der Waals surface area contributed by atoms with Crippen LogP contribution in [0.4, 0.5) is 0 Å². The highest BCUT2D eigenvalue weighted by molar-refractivity contribution is 5.78. The molecule has 1 atom stereocenters. The molecule has 0 saturated heterocycles. The van der Waals surface area contributed by atoms with Crippen molar-refractivity contribution in [3.63, 3.8) is 0 Å². The Morgan fingerprint density at radius 2 is 2.14 bits per heavy atom. The maximum Gasteiger partial charge on any atom is 0.224 e. The molecule has 0 unspecified atom stereocenters. The Labute approximate surface area is 167 Å². The number of carbonyl (C=O) groups excluding carboxylic acids is 1. The van der Waals surface area contributed by atoms with Gasteiger partial charge in [0.2, 0.25) is 5.91 Å². The Hall–Kier alpha value is -2.53. The van der Waals surface area contributed by atoms with Crippen LogP contribution in [0.2, 0.25) is 0 Å². The van der Waals surface area contributed by atoms with Crippen LogP contribution in [-0.2, 0) is 17.8 Å². The Kier molecular flexibility index (Phi) is 6.93. The normalized spacial score (nSPS) is 16.6. The smallest absolute Gasteiger partial charge is 0.224 e. The average molecular weight is 383 g/mol. The lowest BCUT2D eigenvalue weighted by molar-refractivity contribution is -0.120. The molecule has 1 N–H and O–H groups in total. The molecule has 5 nitrogen and oxygen atoms in total. The lowest BCUT2D eigenvalue weighted by Crippen LogP contribution is -2.38. The lowest BCUT2D eigenvalue weighted by atomic mass is 10.1. The third-order valence-corrected chi connectivity index (χ3v) is 5.07. The fourth-order valence-corrected chi connectivity index (χ4v) is 3.54. The van der Waals surface area contributed by atoms with E-state index in [1.54, 1.807) is 7.11 Å². The largest absolute Gasteiger partial charge is 0.497 e. The summed E-state index contributed by atoms with van der Waals surface area (Å²) in [4.78, 5) is 14.6. The van der Waals surface area contributed by atoms with E-state index in [2.05, 4.69) is 23.2 Å². The molecule has 3 rings (SSSR count). The number of hydrogen-bond donors (Lipinski definition) is 1. The van der Waals surface area contributed by atoms with Gasteiger partial charge in [0.1, 0.15) is 17.6 Å². The lowest BCUT2D eigenvalue weighted by Gasteiger charge is -2.23. The number of fused-ring (bicyclic) bond motifs is 1. The number of benzene rings is 2. The number of aryl methyl sites for hydroxylation is 1. The van der Waals surface area contributed by atoms with Crippen LogP contribution in [0.25, 0.3) is 0 Å². The van der Waals surface area contributed by atoms with Gasteiger partial charge in [-0.15, -0.1) is 0 Å². The zero-order valence-electron chi connectivity index (χ0n) is 17.0. The number of hydrogen-bond acceptors (Lipinski definition) is 4. The predicted molar refractivity (Wildman–Crippen MR) is 111 cm³/mol. The molecule has 0 radical (unpaired) electrons. The van der Waals surface area contributed by atoms with E-state index >= 15 is 0 Å². The summed E-state index contributed by atoms with van der Waals surface area (Å²) in [5, 5.41) is 3.05. The molecular formula is C23H30N2O3. The quantitative estimate of drug-likeness (QED) is 0.798. The first kappa shape index (κ1) is 20.2. The molecule has 0 fully saturated rings. The molecule has 28 heavy (non-hydrogen) atoms. The van der Waals surface area contributed by atoms with Gasteiger partial charge in [0.05, 0.1) is 13.5 Å². The Morgan fingerprint density at radius 3 is 2.89 bits per heavy atom. The standard InChI is InChI=1S/C23H30N2O3/c1-4-20-16-25(15-19-14-21(27-3)8-9-22(19)28-20)11-10-24-23(26)13-18-7-5-6-17(2)12-18/h5-9,12,14,20H,4,10-11,13,15-16H2,1-3H3,(H,24,26)/t20-/m1/s1. The Bertz CT molecular complexity index is 806. The van der Waals surface area contributed by atoms with Gasteiger partial charge in [-0.3, -0.25) is 9.69 Å². The monoisotopic (exact) mass is 382 g/mol. The molecule has 1 heterocycles. The van der Waals surface area contributed by atoms with Crippen molar-refractivity contribution in [1.29, 1.82) is 0 Å². The van der Waals surface area contributed by atoms with Crippen LogP contribution in [0.5, 0.6) is 11.5 Å². The maximum absolute atomic E-state index is 12.3. The van der Waals surface area contributed by atoms with Crippen molar-refractivity contribution in [3.8, 4) is 11.5 Å². The van der Waals surface area contributed by atoms with Crippen LogP contribution < -0.4 is 14.8 Å². The second-order valence-electron chi connectivity index (χ2n) is 7.37. The average Bonchev–Trinajstić information content (AvgIpc) is 2.86. The molecule has 2 aromatic rings. The van der Waals surface area contributed by atoms with E-state index in [4.69, 9.17) is 9.47 Å². The summed E-state index contributed by atoms with van der Waals surface area (Å²) in [7, 11) is 1.68. The van der Waals surface area contributed by atoms with Crippen molar-refractivity contribution in [3.05, 3.63) is 59.2 Å². The number of rotatable bonds is 7. The van der Waals surface area contributed by atoms with Crippen LogP contribution in [0.15, 0.2) is 42.5 Å². The molecule has 0 aromatic heterocycles. The van der Waals surface area contributed by atoms with Crippen molar-refractivity contribution in [1.82, 2.24) is 10.2 Å². The Balaban J connectivity index is 1.56. The van der Waals surface area contributed by atoms with Gasteiger partial charge in [-0.25, -0.2) is 0 Å². The van der Waals surface area contributed by atoms with Crippen LogP contribution in [-0.4, -0.2) is 43.7 Å². The minimum atomic E-state index is 0.0609. The van der Waals surface area contributed by atoms with E-state index in [0.29, 0.717) is 13.0 Å². The molecule has 1 aliphatic heterocycles. The van der Waals surface area contributed by atoms with Crippen molar-refractivity contribution < 1.29 is 14.3 Å². The first-order chi connectivity index (χ1) is 13.6. The first-order valence-corrected chi connectivity index (χ1v) is 9.95. The summed E-state index contributed by atoms with van der Waals surface area (Å²) < 4.78 is 11.5. The van der Waals surface area contributed by atoms with E-state index in [1.807, 2.05) is 43.3 Å². The van der Waals surface area contributed by atoms with Crippen molar-refractivity contribution in [2.75, 3.05) is 26.7 Å². The van der Waals surface area contributed by atoms with E-state index < -0.39 is 0 Å². The predicted octanol–water partition coefficient (Wildman–Crippen LogP) is 3.34. The molecule has 0 saturated carbocycles. The van der Waals surface area contributed by atoms with E-state index in [1.165, 1.54) is 5.56 Å². The van der Waals surface area contributed by atoms with Crippen molar-refractivity contribution >= 4 is 5.91 Å². The van der Waals surface area contributed by atoms with Crippen LogP contribution in [0.1, 0.15) is 30.0 Å². The zero-order valence-corrected chi connectivity index (χ0v) is 17.0. The molecule has 0 aliphatic carbocycles. The number of ether oxygens (including phenoxy) is 2. The topological polar surface area (TPSA) is 50.8 Å². The second-order valence-corrected chi connectivity index (χ2v) is 7.37. The number of nitrogens with one attached hydrogen (secondary N) is 1.